The summed E-state index contributed by atoms with van der Waals surface area (Å²) in [6.45, 7) is 5.41. The highest BCUT2D eigenvalue weighted by atomic mass is 32.2. The Morgan fingerprint density at radius 1 is 1.06 bits per heavy atom. The molecule has 2 heterocycles. The summed E-state index contributed by atoms with van der Waals surface area (Å²) in [5.41, 5.74) is 1.55. The highest BCUT2D eigenvalue weighted by Crippen LogP contribution is 2.43. The van der Waals surface area contributed by atoms with Crippen molar-refractivity contribution in [1.29, 1.82) is 0 Å². The van der Waals surface area contributed by atoms with Crippen LogP contribution in [0.2, 0.25) is 0 Å². The Balaban J connectivity index is 1.41. The number of nitrogens with one attached hydrogen (secondary N) is 2. The number of hydrogen-bond donors (Lipinski definition) is 2. The molecule has 0 spiro atoms. The third-order valence-electron chi connectivity index (χ3n) is 6.33. The quantitative estimate of drug-likeness (QED) is 0.579. The smallest absolute Gasteiger partial charge is 0.258 e. The van der Waals surface area contributed by atoms with Crippen LogP contribution in [0, 0.1) is 0 Å². The number of benzene rings is 2. The van der Waals surface area contributed by atoms with Gasteiger partial charge in [0.2, 0.25) is 21.8 Å². The first-order valence-electron chi connectivity index (χ1n) is 11.6. The van der Waals surface area contributed by atoms with E-state index in [-0.39, 0.29) is 42.6 Å². The van der Waals surface area contributed by atoms with Gasteiger partial charge in [0.1, 0.15) is 12.2 Å². The molecule has 186 valence electrons. The van der Waals surface area contributed by atoms with Crippen molar-refractivity contribution < 1.29 is 22.8 Å². The fourth-order valence-corrected chi connectivity index (χ4v) is 6.15. The van der Waals surface area contributed by atoms with Gasteiger partial charge in [-0.15, -0.1) is 0 Å². The second kappa shape index (κ2) is 9.43. The fourth-order valence-electron chi connectivity index (χ4n) is 4.71. The lowest BCUT2D eigenvalue weighted by Crippen LogP contribution is -2.63. The molecule has 2 aliphatic rings. The lowest BCUT2D eigenvalue weighted by Gasteiger charge is -2.48. The topological polar surface area (TPSA) is 116 Å². The maximum absolute atomic E-state index is 13.3. The Labute approximate surface area is 205 Å². The standard InChI is InChI=1S/C25H30N4O5S/c1-17(2)27-35(33,34)16-19-10-8-18(9-11-19)14-26-22(30)15-28-24(32)20-6-4-5-7-21(20)29-23(31)12-13-25(28,29)3/h4-11,17,27H,12-16H2,1-3H3,(H,26,30). The molecule has 2 aliphatic heterocycles. The van der Waals surface area contributed by atoms with Crippen molar-refractivity contribution in [2.45, 2.75) is 57.6 Å². The molecule has 9 nitrogen and oxygen atoms in total. The molecule has 0 bridgehead atoms. The summed E-state index contributed by atoms with van der Waals surface area (Å²) in [5, 5.41) is 2.83. The molecule has 0 aromatic heterocycles. The second-order valence-electron chi connectivity index (χ2n) is 9.48. The third kappa shape index (κ3) is 5.08. The molecule has 4 rings (SSSR count). The van der Waals surface area contributed by atoms with E-state index in [1.165, 1.54) is 4.90 Å². The van der Waals surface area contributed by atoms with E-state index in [1.54, 1.807) is 67.3 Å². The van der Waals surface area contributed by atoms with Crippen molar-refractivity contribution in [2.24, 2.45) is 0 Å². The van der Waals surface area contributed by atoms with Crippen molar-refractivity contribution in [2.75, 3.05) is 11.4 Å². The zero-order valence-electron chi connectivity index (χ0n) is 20.1. The summed E-state index contributed by atoms with van der Waals surface area (Å²) in [6.07, 6.45) is 0.764. The number of carbonyl (C=O) groups is 3. The molecule has 2 N–H and O–H groups in total. The van der Waals surface area contributed by atoms with Crippen LogP contribution in [0.1, 0.15) is 55.1 Å². The van der Waals surface area contributed by atoms with E-state index < -0.39 is 15.7 Å². The van der Waals surface area contributed by atoms with Crippen LogP contribution >= 0.6 is 0 Å². The number of hydrogen-bond acceptors (Lipinski definition) is 5. The van der Waals surface area contributed by atoms with Crippen LogP contribution in [0.3, 0.4) is 0 Å². The molecule has 10 heteroatoms. The minimum Gasteiger partial charge on any atom is -0.350 e. The van der Waals surface area contributed by atoms with Crippen LogP contribution in [0.4, 0.5) is 5.69 Å². The normalized spacial score (nSPS) is 19.7. The van der Waals surface area contributed by atoms with Gasteiger partial charge in [-0.1, -0.05) is 36.4 Å². The summed E-state index contributed by atoms with van der Waals surface area (Å²) >= 11 is 0. The van der Waals surface area contributed by atoms with Gasteiger partial charge < -0.3 is 10.2 Å². The van der Waals surface area contributed by atoms with E-state index in [4.69, 9.17) is 0 Å². The lowest BCUT2D eigenvalue weighted by molar-refractivity contribution is -0.124. The van der Waals surface area contributed by atoms with Gasteiger partial charge in [-0.3, -0.25) is 19.3 Å². The van der Waals surface area contributed by atoms with Crippen LogP contribution in [0.25, 0.3) is 0 Å². The van der Waals surface area contributed by atoms with Crippen molar-refractivity contribution >= 4 is 33.4 Å². The van der Waals surface area contributed by atoms with Crippen LogP contribution in [0.15, 0.2) is 48.5 Å². The molecule has 2 aromatic rings. The van der Waals surface area contributed by atoms with Gasteiger partial charge in [0, 0.05) is 19.0 Å². The molecule has 0 saturated carbocycles. The summed E-state index contributed by atoms with van der Waals surface area (Å²) in [7, 11) is -3.42. The number of rotatable bonds is 8. The number of carbonyl (C=O) groups excluding carboxylic acids is 3. The van der Waals surface area contributed by atoms with Gasteiger partial charge in [0.15, 0.2) is 0 Å². The minimum absolute atomic E-state index is 0.0662. The Morgan fingerprint density at radius 3 is 2.40 bits per heavy atom. The molecule has 3 amide bonds. The molecular formula is C25H30N4O5S. The first kappa shape index (κ1) is 24.9. The molecule has 35 heavy (non-hydrogen) atoms. The van der Waals surface area contributed by atoms with E-state index >= 15 is 0 Å². The van der Waals surface area contributed by atoms with Crippen LogP contribution < -0.4 is 14.9 Å². The monoisotopic (exact) mass is 498 g/mol. The van der Waals surface area contributed by atoms with Gasteiger partial charge in [-0.25, -0.2) is 13.1 Å². The van der Waals surface area contributed by atoms with Crippen molar-refractivity contribution in [3.8, 4) is 0 Å². The molecule has 1 unspecified atom stereocenters. The molecule has 2 aromatic carbocycles. The van der Waals surface area contributed by atoms with Gasteiger partial charge in [-0.2, -0.15) is 0 Å². The number of anilines is 1. The van der Waals surface area contributed by atoms with Crippen molar-refractivity contribution in [1.82, 2.24) is 14.9 Å². The van der Waals surface area contributed by atoms with E-state index in [0.717, 1.165) is 5.56 Å². The predicted molar refractivity (Wildman–Crippen MR) is 132 cm³/mol. The van der Waals surface area contributed by atoms with E-state index in [0.29, 0.717) is 29.7 Å². The highest BCUT2D eigenvalue weighted by molar-refractivity contribution is 7.88. The number of sulfonamides is 1. The zero-order chi connectivity index (χ0) is 25.4. The van der Waals surface area contributed by atoms with Gasteiger partial charge in [-0.05, 0) is 50.5 Å². The van der Waals surface area contributed by atoms with Crippen molar-refractivity contribution in [3.63, 3.8) is 0 Å². The summed E-state index contributed by atoms with van der Waals surface area (Å²) in [5.74, 6) is -0.802. The number of para-hydroxylation sites is 1. The predicted octanol–water partition coefficient (Wildman–Crippen LogP) is 2.13. The molecule has 1 fully saturated rings. The maximum atomic E-state index is 13.3. The molecule has 1 saturated heterocycles. The first-order valence-corrected chi connectivity index (χ1v) is 13.2. The molecule has 0 radical (unpaired) electrons. The second-order valence-corrected chi connectivity index (χ2v) is 11.2. The van der Waals surface area contributed by atoms with E-state index in [9.17, 15) is 22.8 Å². The number of amides is 3. The van der Waals surface area contributed by atoms with Gasteiger partial charge in [0.05, 0.1) is 17.0 Å². The SMILES string of the molecule is CC(C)NS(=O)(=O)Cc1ccc(CNC(=O)CN2C(=O)c3ccccc3N3C(=O)CCC23C)cc1. The van der Waals surface area contributed by atoms with Crippen molar-refractivity contribution in [3.05, 3.63) is 65.2 Å². The third-order valence-corrected chi connectivity index (χ3v) is 7.88. The Bertz CT molecular complexity index is 1260. The molecule has 0 aliphatic carbocycles. The summed E-state index contributed by atoms with van der Waals surface area (Å²) in [4.78, 5) is 41.8. The zero-order valence-corrected chi connectivity index (χ0v) is 20.9. The van der Waals surface area contributed by atoms with Gasteiger partial charge in [0.25, 0.3) is 5.91 Å². The fraction of sp³-hybridized carbons (Fsp3) is 0.400. The first-order chi connectivity index (χ1) is 16.5. The highest BCUT2D eigenvalue weighted by Gasteiger charge is 2.53. The lowest BCUT2D eigenvalue weighted by atomic mass is 9.98. The van der Waals surface area contributed by atoms with E-state index in [2.05, 4.69) is 10.0 Å². The summed E-state index contributed by atoms with van der Waals surface area (Å²) < 4.78 is 26.8. The van der Waals surface area contributed by atoms with Crippen LogP contribution in [0.5, 0.6) is 0 Å². The molecular weight excluding hydrogens is 468 g/mol. The minimum atomic E-state index is -3.42. The van der Waals surface area contributed by atoms with Crippen LogP contribution in [-0.4, -0.2) is 49.3 Å². The van der Waals surface area contributed by atoms with E-state index in [1.807, 2.05) is 6.92 Å². The van der Waals surface area contributed by atoms with Crippen LogP contribution in [-0.2, 0) is 31.9 Å². The number of nitrogens with zero attached hydrogens (tertiary/aromatic N) is 2. The maximum Gasteiger partial charge on any atom is 0.258 e. The Morgan fingerprint density at radius 2 is 1.71 bits per heavy atom. The number of fused-ring (bicyclic) bond motifs is 3. The largest absolute Gasteiger partial charge is 0.350 e. The average Bonchev–Trinajstić information content (AvgIpc) is 3.10. The average molecular weight is 499 g/mol. The Kier molecular flexibility index (Phi) is 6.70. The summed E-state index contributed by atoms with van der Waals surface area (Å²) in [6, 6.07) is 13.8. The molecule has 1 atom stereocenters. The van der Waals surface area contributed by atoms with Gasteiger partial charge >= 0.3 is 0 Å². The Hall–Kier alpha value is -3.24.